The predicted molar refractivity (Wildman–Crippen MR) is 85.5 cm³/mol. The first-order valence-corrected chi connectivity index (χ1v) is 7.92. The quantitative estimate of drug-likeness (QED) is 0.446. The van der Waals surface area contributed by atoms with E-state index < -0.39 is 0 Å². The van der Waals surface area contributed by atoms with Crippen molar-refractivity contribution in [3.05, 3.63) is 0 Å². The van der Waals surface area contributed by atoms with Gasteiger partial charge in [0.2, 0.25) is 0 Å². The molecule has 6 heteroatoms. The van der Waals surface area contributed by atoms with Gasteiger partial charge in [-0.1, -0.05) is 6.92 Å². The third-order valence-electron chi connectivity index (χ3n) is 3.95. The Morgan fingerprint density at radius 3 is 2.57 bits per heavy atom. The second kappa shape index (κ2) is 9.60. The number of guanidine groups is 1. The molecule has 0 aromatic rings. The Balaban J connectivity index is 2.50. The van der Waals surface area contributed by atoms with Crippen LogP contribution in [0, 0.1) is 5.92 Å². The number of hydrogen-bond donors (Lipinski definition) is 1. The van der Waals surface area contributed by atoms with Gasteiger partial charge in [-0.15, -0.1) is 0 Å². The van der Waals surface area contributed by atoms with Gasteiger partial charge in [-0.2, -0.15) is 0 Å². The molecule has 122 valence electrons. The van der Waals surface area contributed by atoms with E-state index in [1.165, 1.54) is 7.11 Å². The monoisotopic (exact) mass is 298 g/mol. The fourth-order valence-corrected chi connectivity index (χ4v) is 2.40. The first kappa shape index (κ1) is 17.8. The van der Waals surface area contributed by atoms with Crippen LogP contribution in [0.2, 0.25) is 0 Å². The molecule has 1 aliphatic heterocycles. The Morgan fingerprint density at radius 1 is 1.38 bits per heavy atom. The number of nitrogens with one attached hydrogen (secondary N) is 1. The minimum absolute atomic E-state index is 0.0420. The number of aliphatic imine (C=N–C) groups is 1. The van der Waals surface area contributed by atoms with Crippen molar-refractivity contribution in [3.8, 4) is 0 Å². The molecule has 1 aliphatic rings. The number of piperidine rings is 1. The molecule has 0 amide bonds. The average molecular weight is 298 g/mol. The summed E-state index contributed by atoms with van der Waals surface area (Å²) in [6, 6.07) is 0. The first-order valence-electron chi connectivity index (χ1n) is 7.92. The lowest BCUT2D eigenvalue weighted by atomic mass is 9.97. The minimum Gasteiger partial charge on any atom is -0.469 e. The van der Waals surface area contributed by atoms with Crippen LogP contribution in [0.4, 0.5) is 0 Å². The van der Waals surface area contributed by atoms with Crippen molar-refractivity contribution in [1.82, 2.24) is 15.1 Å². The lowest BCUT2D eigenvalue weighted by molar-refractivity contribution is -0.146. The van der Waals surface area contributed by atoms with Crippen molar-refractivity contribution in [2.45, 2.75) is 26.7 Å². The van der Waals surface area contributed by atoms with E-state index in [9.17, 15) is 4.79 Å². The second-order valence-corrected chi connectivity index (χ2v) is 5.42. The third-order valence-corrected chi connectivity index (χ3v) is 3.95. The maximum Gasteiger partial charge on any atom is 0.308 e. The van der Waals surface area contributed by atoms with Gasteiger partial charge in [0.05, 0.1) is 19.6 Å². The van der Waals surface area contributed by atoms with Crippen LogP contribution in [-0.2, 0) is 9.53 Å². The van der Waals surface area contributed by atoms with Gasteiger partial charge in [0.1, 0.15) is 0 Å². The van der Waals surface area contributed by atoms with Gasteiger partial charge in [0.25, 0.3) is 0 Å². The molecule has 0 aliphatic carbocycles. The second-order valence-electron chi connectivity index (χ2n) is 5.42. The summed E-state index contributed by atoms with van der Waals surface area (Å²) in [7, 11) is 3.56. The summed E-state index contributed by atoms with van der Waals surface area (Å²) >= 11 is 0. The summed E-state index contributed by atoms with van der Waals surface area (Å²) in [5.41, 5.74) is 0. The average Bonchev–Trinajstić information content (AvgIpc) is 2.53. The zero-order valence-electron chi connectivity index (χ0n) is 13.9. The molecule has 1 fully saturated rings. The Kier molecular flexibility index (Phi) is 8.12. The lowest BCUT2D eigenvalue weighted by Gasteiger charge is -2.33. The van der Waals surface area contributed by atoms with Gasteiger partial charge >= 0.3 is 5.97 Å². The summed E-state index contributed by atoms with van der Waals surface area (Å²) < 4.78 is 4.83. The molecule has 0 radical (unpaired) electrons. The smallest absolute Gasteiger partial charge is 0.308 e. The normalized spacial score (nSPS) is 17.2. The molecule has 0 aromatic heterocycles. The summed E-state index contributed by atoms with van der Waals surface area (Å²) in [6.07, 6.45) is 1.68. The van der Waals surface area contributed by atoms with E-state index in [0.29, 0.717) is 0 Å². The van der Waals surface area contributed by atoms with Crippen LogP contribution in [0.1, 0.15) is 26.7 Å². The van der Waals surface area contributed by atoms with E-state index in [-0.39, 0.29) is 11.9 Å². The number of hydrogen-bond acceptors (Lipinski definition) is 4. The van der Waals surface area contributed by atoms with Crippen molar-refractivity contribution in [2.24, 2.45) is 10.9 Å². The number of carbonyl (C=O) groups excluding carboxylic acids is 1. The van der Waals surface area contributed by atoms with E-state index in [1.54, 1.807) is 0 Å². The number of methoxy groups -OCH3 is 1. The van der Waals surface area contributed by atoms with Gasteiger partial charge in [-0.3, -0.25) is 9.79 Å². The lowest BCUT2D eigenvalue weighted by Crippen LogP contribution is -2.47. The van der Waals surface area contributed by atoms with Gasteiger partial charge in [-0.25, -0.2) is 0 Å². The predicted octanol–water partition coefficient (Wildman–Crippen LogP) is 0.789. The SMILES string of the molecule is CCNC(=NCCN(C)CC)N1CCC(C(=O)OC)CC1. The first-order chi connectivity index (χ1) is 10.1. The van der Waals surface area contributed by atoms with Crippen molar-refractivity contribution in [3.63, 3.8) is 0 Å². The number of ether oxygens (including phenoxy) is 1. The largest absolute Gasteiger partial charge is 0.469 e. The number of likely N-dealkylation sites (tertiary alicyclic amines) is 1. The van der Waals surface area contributed by atoms with Crippen LogP contribution < -0.4 is 5.32 Å². The summed E-state index contributed by atoms with van der Waals surface area (Å²) in [4.78, 5) is 20.7. The fraction of sp³-hybridized carbons (Fsp3) is 0.867. The highest BCUT2D eigenvalue weighted by molar-refractivity contribution is 5.80. The molecule has 0 saturated carbocycles. The van der Waals surface area contributed by atoms with Crippen LogP contribution >= 0.6 is 0 Å². The van der Waals surface area contributed by atoms with E-state index in [2.05, 4.69) is 41.0 Å². The third kappa shape index (κ3) is 5.91. The summed E-state index contributed by atoms with van der Waals surface area (Å²) in [6.45, 7) is 9.59. The molecule has 1 saturated heterocycles. The van der Waals surface area contributed by atoms with Gasteiger partial charge in [-0.05, 0) is 33.4 Å². The van der Waals surface area contributed by atoms with Gasteiger partial charge < -0.3 is 19.9 Å². The fourth-order valence-electron chi connectivity index (χ4n) is 2.40. The van der Waals surface area contributed by atoms with Gasteiger partial charge in [0, 0.05) is 26.2 Å². The van der Waals surface area contributed by atoms with Crippen molar-refractivity contribution in [1.29, 1.82) is 0 Å². The standard InChI is InChI=1S/C15H30N4O2/c1-5-16-15(17-9-12-18(3)6-2)19-10-7-13(8-11-19)14(20)21-4/h13H,5-12H2,1-4H3,(H,16,17). The Morgan fingerprint density at radius 2 is 2.05 bits per heavy atom. The molecule has 6 nitrogen and oxygen atoms in total. The Hall–Kier alpha value is -1.30. The zero-order chi connectivity index (χ0) is 15.7. The molecular weight excluding hydrogens is 268 g/mol. The van der Waals surface area contributed by atoms with Crippen LogP contribution in [-0.4, -0.2) is 75.2 Å². The number of likely N-dealkylation sites (N-methyl/N-ethyl adjacent to an activating group) is 1. The van der Waals surface area contributed by atoms with Crippen LogP contribution in [0.5, 0.6) is 0 Å². The summed E-state index contributed by atoms with van der Waals surface area (Å²) in [5.74, 6) is 0.923. The molecule has 0 aromatic carbocycles. The van der Waals surface area contributed by atoms with Crippen molar-refractivity contribution < 1.29 is 9.53 Å². The minimum atomic E-state index is -0.0823. The van der Waals surface area contributed by atoms with Crippen molar-refractivity contribution >= 4 is 11.9 Å². The molecule has 1 heterocycles. The molecule has 1 rings (SSSR count). The zero-order valence-corrected chi connectivity index (χ0v) is 13.9. The van der Waals surface area contributed by atoms with Crippen LogP contribution in [0.25, 0.3) is 0 Å². The summed E-state index contributed by atoms with van der Waals surface area (Å²) in [5, 5.41) is 3.34. The maximum atomic E-state index is 11.6. The number of carbonyl (C=O) groups is 1. The Labute approximate surface area is 128 Å². The van der Waals surface area contributed by atoms with E-state index >= 15 is 0 Å². The molecule has 1 N–H and O–H groups in total. The molecular formula is C15H30N4O2. The van der Waals surface area contributed by atoms with E-state index in [0.717, 1.165) is 58.1 Å². The molecule has 0 bridgehead atoms. The highest BCUT2D eigenvalue weighted by atomic mass is 16.5. The van der Waals surface area contributed by atoms with Gasteiger partial charge in [0.15, 0.2) is 5.96 Å². The van der Waals surface area contributed by atoms with E-state index in [4.69, 9.17) is 4.74 Å². The topological polar surface area (TPSA) is 57.2 Å². The number of rotatable bonds is 6. The molecule has 0 atom stereocenters. The molecule has 21 heavy (non-hydrogen) atoms. The maximum absolute atomic E-state index is 11.6. The molecule has 0 unspecified atom stereocenters. The van der Waals surface area contributed by atoms with Crippen LogP contribution in [0.3, 0.4) is 0 Å². The highest BCUT2D eigenvalue weighted by Gasteiger charge is 2.26. The van der Waals surface area contributed by atoms with Crippen molar-refractivity contribution in [2.75, 3.05) is 53.4 Å². The molecule has 0 spiro atoms. The van der Waals surface area contributed by atoms with E-state index in [1.807, 2.05) is 0 Å². The Bertz CT molecular complexity index is 339. The highest BCUT2D eigenvalue weighted by Crippen LogP contribution is 2.18. The number of nitrogens with zero attached hydrogens (tertiary/aromatic N) is 3. The van der Waals surface area contributed by atoms with Crippen LogP contribution in [0.15, 0.2) is 4.99 Å². The number of esters is 1.